The van der Waals surface area contributed by atoms with Crippen molar-refractivity contribution in [2.24, 2.45) is 0 Å². The number of aryl methyl sites for hydroxylation is 1. The van der Waals surface area contributed by atoms with Gasteiger partial charge in [0.2, 0.25) is 10.0 Å². The van der Waals surface area contributed by atoms with Crippen LogP contribution in [0.4, 0.5) is 8.78 Å². The van der Waals surface area contributed by atoms with Crippen LogP contribution in [-0.2, 0) is 26.3 Å². The number of halogens is 2. The molecule has 5 nitrogen and oxygen atoms in total. The molecular formula is C17H19F2NO4S2. The SMILES string of the molecule is CC(CCc1ccc(F)c(F)c1)NS(=O)(=O)c1ccccc1S(C)(=O)=O. The minimum absolute atomic E-state index is 0.277. The second-order valence-corrected chi connectivity index (χ2v) is 9.69. The average Bonchev–Trinajstić information content (AvgIpc) is 2.55. The lowest BCUT2D eigenvalue weighted by molar-refractivity contribution is 0.505. The van der Waals surface area contributed by atoms with Crippen molar-refractivity contribution >= 4 is 19.9 Å². The number of sulfone groups is 1. The van der Waals surface area contributed by atoms with E-state index in [0.29, 0.717) is 18.4 Å². The summed E-state index contributed by atoms with van der Waals surface area (Å²) in [4.78, 5) is -0.595. The van der Waals surface area contributed by atoms with Crippen LogP contribution in [0.15, 0.2) is 52.3 Å². The van der Waals surface area contributed by atoms with Gasteiger partial charge in [0.1, 0.15) is 4.90 Å². The predicted molar refractivity (Wildman–Crippen MR) is 94.0 cm³/mol. The first kappa shape index (κ1) is 20.5. The van der Waals surface area contributed by atoms with Gasteiger partial charge in [-0.15, -0.1) is 0 Å². The van der Waals surface area contributed by atoms with E-state index in [0.717, 1.165) is 18.4 Å². The Kier molecular flexibility index (Phi) is 6.15. The molecule has 0 aliphatic rings. The van der Waals surface area contributed by atoms with Crippen molar-refractivity contribution in [1.82, 2.24) is 4.72 Å². The Morgan fingerprint density at radius 1 is 0.962 bits per heavy atom. The molecule has 142 valence electrons. The number of hydrogen-bond donors (Lipinski definition) is 1. The molecule has 1 atom stereocenters. The molecule has 0 radical (unpaired) electrons. The summed E-state index contributed by atoms with van der Waals surface area (Å²) in [6.45, 7) is 1.61. The number of benzene rings is 2. The van der Waals surface area contributed by atoms with Crippen molar-refractivity contribution < 1.29 is 25.6 Å². The maximum absolute atomic E-state index is 13.2. The van der Waals surface area contributed by atoms with Gasteiger partial charge in [-0.05, 0) is 49.6 Å². The van der Waals surface area contributed by atoms with Crippen LogP contribution in [0.5, 0.6) is 0 Å². The Balaban J connectivity index is 2.13. The second kappa shape index (κ2) is 7.81. The fourth-order valence-electron chi connectivity index (χ4n) is 2.44. The summed E-state index contributed by atoms with van der Waals surface area (Å²) in [6, 6.07) is 8.31. The lowest BCUT2D eigenvalue weighted by atomic mass is 10.1. The van der Waals surface area contributed by atoms with Gasteiger partial charge in [0.25, 0.3) is 0 Å². The van der Waals surface area contributed by atoms with E-state index >= 15 is 0 Å². The third kappa shape index (κ3) is 5.09. The van der Waals surface area contributed by atoms with Crippen LogP contribution in [0.3, 0.4) is 0 Å². The summed E-state index contributed by atoms with van der Waals surface area (Å²) < 4.78 is 77.2. The zero-order chi connectivity index (χ0) is 19.5. The minimum Gasteiger partial charge on any atom is -0.224 e. The molecule has 0 aliphatic carbocycles. The molecule has 0 saturated heterocycles. The maximum Gasteiger partial charge on any atom is 0.242 e. The van der Waals surface area contributed by atoms with E-state index < -0.39 is 37.5 Å². The summed E-state index contributed by atoms with van der Waals surface area (Å²) in [7, 11) is -7.77. The molecule has 26 heavy (non-hydrogen) atoms. The van der Waals surface area contributed by atoms with E-state index in [1.807, 2.05) is 0 Å². The van der Waals surface area contributed by atoms with Crippen LogP contribution in [0.1, 0.15) is 18.9 Å². The van der Waals surface area contributed by atoms with Gasteiger partial charge in [-0.1, -0.05) is 18.2 Å². The normalized spacial score (nSPS) is 13.5. The highest BCUT2D eigenvalue weighted by Crippen LogP contribution is 2.21. The van der Waals surface area contributed by atoms with Gasteiger partial charge in [0, 0.05) is 12.3 Å². The Labute approximate surface area is 152 Å². The Morgan fingerprint density at radius 2 is 1.58 bits per heavy atom. The molecule has 1 unspecified atom stereocenters. The van der Waals surface area contributed by atoms with E-state index in [9.17, 15) is 25.6 Å². The highest BCUT2D eigenvalue weighted by Gasteiger charge is 2.24. The Morgan fingerprint density at radius 3 is 2.15 bits per heavy atom. The Hall–Kier alpha value is -1.84. The summed E-state index contributed by atoms with van der Waals surface area (Å²) >= 11 is 0. The number of sulfonamides is 1. The zero-order valence-corrected chi connectivity index (χ0v) is 15.9. The van der Waals surface area contributed by atoms with Gasteiger partial charge < -0.3 is 0 Å². The second-order valence-electron chi connectivity index (χ2n) is 6.03. The highest BCUT2D eigenvalue weighted by molar-refractivity contribution is 7.93. The molecule has 0 heterocycles. The van der Waals surface area contributed by atoms with Crippen molar-refractivity contribution in [3.63, 3.8) is 0 Å². The first-order valence-electron chi connectivity index (χ1n) is 7.76. The highest BCUT2D eigenvalue weighted by atomic mass is 32.2. The van der Waals surface area contributed by atoms with Gasteiger partial charge in [0.15, 0.2) is 21.5 Å². The summed E-state index contributed by atoms with van der Waals surface area (Å²) in [5.74, 6) is -1.90. The summed E-state index contributed by atoms with van der Waals surface area (Å²) in [5.41, 5.74) is 0.534. The number of nitrogens with one attached hydrogen (secondary N) is 1. The molecule has 9 heteroatoms. The fraction of sp³-hybridized carbons (Fsp3) is 0.294. The van der Waals surface area contributed by atoms with Crippen LogP contribution in [0.2, 0.25) is 0 Å². The molecular weight excluding hydrogens is 384 g/mol. The first-order valence-corrected chi connectivity index (χ1v) is 11.1. The molecule has 0 aromatic heterocycles. The number of hydrogen-bond acceptors (Lipinski definition) is 4. The monoisotopic (exact) mass is 403 g/mol. The Bertz CT molecular complexity index is 1010. The molecule has 2 aromatic carbocycles. The standard InChI is InChI=1S/C17H19F2NO4S2/c1-12(7-8-13-9-10-14(18)15(19)11-13)20-26(23,24)17-6-4-3-5-16(17)25(2,21)22/h3-6,9-12,20H,7-8H2,1-2H3. The quantitative estimate of drug-likeness (QED) is 0.771. The largest absolute Gasteiger partial charge is 0.242 e. The van der Waals surface area contributed by atoms with Gasteiger partial charge in [-0.25, -0.2) is 30.3 Å². The third-order valence-electron chi connectivity index (χ3n) is 3.74. The molecule has 0 spiro atoms. The van der Waals surface area contributed by atoms with Crippen LogP contribution in [-0.4, -0.2) is 29.1 Å². The topological polar surface area (TPSA) is 80.3 Å². The third-order valence-corrected chi connectivity index (χ3v) is 6.68. The van der Waals surface area contributed by atoms with Gasteiger partial charge in [0.05, 0.1) is 4.90 Å². The van der Waals surface area contributed by atoms with Gasteiger partial charge in [-0.3, -0.25) is 0 Å². The van der Waals surface area contributed by atoms with Crippen LogP contribution < -0.4 is 4.72 Å². The molecule has 0 bridgehead atoms. The first-order chi connectivity index (χ1) is 12.0. The smallest absolute Gasteiger partial charge is 0.224 e. The van der Waals surface area contributed by atoms with Crippen LogP contribution in [0, 0.1) is 11.6 Å². The fourth-order valence-corrected chi connectivity index (χ4v) is 5.35. The average molecular weight is 403 g/mol. The lowest BCUT2D eigenvalue weighted by Crippen LogP contribution is -2.33. The molecule has 0 aliphatic heterocycles. The molecule has 2 rings (SSSR count). The molecule has 0 saturated carbocycles. The minimum atomic E-state index is -4.06. The van der Waals surface area contributed by atoms with Crippen molar-refractivity contribution in [3.05, 3.63) is 59.7 Å². The summed E-state index contributed by atoms with van der Waals surface area (Å²) in [6.07, 6.45) is 1.59. The van der Waals surface area contributed by atoms with E-state index in [1.165, 1.54) is 30.3 Å². The van der Waals surface area contributed by atoms with Crippen LogP contribution >= 0.6 is 0 Å². The molecule has 0 fully saturated rings. The van der Waals surface area contributed by atoms with Crippen molar-refractivity contribution in [3.8, 4) is 0 Å². The van der Waals surface area contributed by atoms with Crippen LogP contribution in [0.25, 0.3) is 0 Å². The van der Waals surface area contributed by atoms with Crippen molar-refractivity contribution in [1.29, 1.82) is 0 Å². The van der Waals surface area contributed by atoms with Crippen molar-refractivity contribution in [2.75, 3.05) is 6.26 Å². The summed E-state index contributed by atoms with van der Waals surface area (Å²) in [5, 5.41) is 0. The van der Waals surface area contributed by atoms with Gasteiger partial charge in [-0.2, -0.15) is 0 Å². The molecule has 2 aromatic rings. The molecule has 1 N–H and O–H groups in total. The van der Waals surface area contributed by atoms with E-state index in [4.69, 9.17) is 0 Å². The molecule has 0 amide bonds. The zero-order valence-electron chi connectivity index (χ0n) is 14.2. The number of rotatable bonds is 7. The van der Waals surface area contributed by atoms with E-state index in [1.54, 1.807) is 6.92 Å². The van der Waals surface area contributed by atoms with E-state index in [2.05, 4.69) is 4.72 Å². The maximum atomic E-state index is 13.2. The predicted octanol–water partition coefficient (Wildman–Crippen LogP) is 2.67. The van der Waals surface area contributed by atoms with E-state index in [-0.39, 0.29) is 9.79 Å². The van der Waals surface area contributed by atoms with Crippen molar-refractivity contribution in [2.45, 2.75) is 35.6 Å². The lowest BCUT2D eigenvalue weighted by Gasteiger charge is -2.16. The van der Waals surface area contributed by atoms with Gasteiger partial charge >= 0.3 is 0 Å².